The second-order valence-corrected chi connectivity index (χ2v) is 3.10. The molecule has 13 heavy (non-hydrogen) atoms. The summed E-state index contributed by atoms with van der Waals surface area (Å²) >= 11 is 0. The van der Waals surface area contributed by atoms with E-state index in [1.807, 2.05) is 11.8 Å². The van der Waals surface area contributed by atoms with Crippen molar-refractivity contribution in [2.24, 2.45) is 0 Å². The lowest BCUT2D eigenvalue weighted by Gasteiger charge is -2.31. The van der Waals surface area contributed by atoms with Crippen molar-refractivity contribution in [3.8, 4) is 0 Å². The molecule has 0 aliphatic carbocycles. The fourth-order valence-corrected chi connectivity index (χ4v) is 1.38. The predicted octanol–water partition coefficient (Wildman–Crippen LogP) is -0.0987. The number of carbonyl (C=O) groups excluding carboxylic acids is 2. The average molecular weight is 183 g/mol. The van der Waals surface area contributed by atoms with E-state index in [2.05, 4.69) is 6.92 Å². The average Bonchev–Trinajstić information content (AvgIpc) is 2.11. The molecule has 1 aliphatic rings. The van der Waals surface area contributed by atoms with Crippen LogP contribution in [-0.4, -0.2) is 47.8 Å². The Labute approximate surface area is 78.5 Å². The first kappa shape index (κ1) is 10.2. The summed E-state index contributed by atoms with van der Waals surface area (Å²) in [6.45, 7) is 7.50. The summed E-state index contributed by atoms with van der Waals surface area (Å²) < 4.78 is 0. The number of hydrogen-bond donors (Lipinski definition) is 0. The smallest absolute Gasteiger partial charge is 0.243 e. The maximum atomic E-state index is 11.4. The number of piperazine rings is 1. The number of amides is 2. The Kier molecular flexibility index (Phi) is 3.42. The van der Waals surface area contributed by atoms with Crippen molar-refractivity contribution in [2.75, 3.05) is 26.2 Å². The van der Waals surface area contributed by atoms with Gasteiger partial charge in [0.2, 0.25) is 11.8 Å². The number of likely N-dealkylation sites (N-methyl/N-ethyl adjacent to an activating group) is 1. The van der Waals surface area contributed by atoms with Crippen LogP contribution < -0.4 is 0 Å². The number of carbonyl (C=O) groups is 2. The first-order valence-corrected chi connectivity index (χ1v) is 4.53. The molecule has 0 atom stereocenters. The largest absolute Gasteiger partial charge is 0.286 e. The predicted molar refractivity (Wildman–Crippen MR) is 48.8 cm³/mol. The molecule has 1 radical (unpaired) electrons. The Balaban J connectivity index is 2.59. The van der Waals surface area contributed by atoms with Crippen molar-refractivity contribution in [1.29, 1.82) is 0 Å². The lowest BCUT2D eigenvalue weighted by atomic mass is 10.2. The quantitative estimate of drug-likeness (QED) is 0.574. The lowest BCUT2D eigenvalue weighted by Crippen LogP contribution is -2.53. The topological polar surface area (TPSA) is 40.6 Å². The molecule has 0 aromatic heterocycles. The molecule has 0 unspecified atom stereocenters. The number of imide groups is 1. The Hall–Kier alpha value is -0.900. The summed E-state index contributed by atoms with van der Waals surface area (Å²) in [7, 11) is 0. The normalized spacial score (nSPS) is 19.7. The van der Waals surface area contributed by atoms with E-state index < -0.39 is 0 Å². The highest BCUT2D eigenvalue weighted by molar-refractivity contribution is 5.99. The third-order valence-corrected chi connectivity index (χ3v) is 2.15. The van der Waals surface area contributed by atoms with Crippen LogP contribution in [0.2, 0.25) is 0 Å². The molecule has 1 rings (SSSR count). The lowest BCUT2D eigenvalue weighted by molar-refractivity contribution is -0.151. The molecule has 0 saturated carbocycles. The van der Waals surface area contributed by atoms with Gasteiger partial charge >= 0.3 is 0 Å². The van der Waals surface area contributed by atoms with E-state index in [1.54, 1.807) is 0 Å². The highest BCUT2D eigenvalue weighted by Crippen LogP contribution is 2.04. The molecule has 1 fully saturated rings. The van der Waals surface area contributed by atoms with E-state index >= 15 is 0 Å². The second-order valence-electron chi connectivity index (χ2n) is 3.10. The molecule has 4 nitrogen and oxygen atoms in total. The molecule has 0 aromatic rings. The van der Waals surface area contributed by atoms with Crippen LogP contribution in [0.5, 0.6) is 0 Å². The summed E-state index contributed by atoms with van der Waals surface area (Å²) in [5.41, 5.74) is 0. The maximum Gasteiger partial charge on any atom is 0.243 e. The van der Waals surface area contributed by atoms with Gasteiger partial charge in [0.1, 0.15) is 0 Å². The van der Waals surface area contributed by atoms with E-state index in [0.29, 0.717) is 26.1 Å². The van der Waals surface area contributed by atoms with Crippen LogP contribution in [0.1, 0.15) is 13.3 Å². The summed E-state index contributed by atoms with van der Waals surface area (Å²) in [6, 6.07) is 0. The van der Waals surface area contributed by atoms with Crippen LogP contribution >= 0.6 is 0 Å². The van der Waals surface area contributed by atoms with Gasteiger partial charge in [0, 0.05) is 6.54 Å². The highest BCUT2D eigenvalue weighted by Gasteiger charge is 2.28. The van der Waals surface area contributed by atoms with E-state index in [0.717, 1.165) is 6.54 Å². The van der Waals surface area contributed by atoms with Gasteiger partial charge < -0.3 is 0 Å². The molecule has 73 valence electrons. The van der Waals surface area contributed by atoms with Gasteiger partial charge in [-0.05, 0) is 13.0 Å². The number of hydrogen-bond acceptors (Lipinski definition) is 3. The van der Waals surface area contributed by atoms with E-state index in [9.17, 15) is 9.59 Å². The van der Waals surface area contributed by atoms with Crippen LogP contribution in [-0.2, 0) is 9.59 Å². The molecular formula is C9H15N2O2. The third kappa shape index (κ3) is 2.28. The molecule has 0 bridgehead atoms. The van der Waals surface area contributed by atoms with Crippen molar-refractivity contribution in [3.63, 3.8) is 0 Å². The first-order valence-electron chi connectivity index (χ1n) is 4.53. The van der Waals surface area contributed by atoms with Gasteiger partial charge in [0.15, 0.2) is 0 Å². The molecule has 1 aliphatic heterocycles. The second kappa shape index (κ2) is 4.37. The minimum Gasteiger partial charge on any atom is -0.286 e. The Morgan fingerprint density at radius 1 is 1.31 bits per heavy atom. The molecule has 1 heterocycles. The minimum atomic E-state index is -0.0956. The SMILES string of the molecule is [CH2]CCN1C(=O)CN(CC)CC1=O. The van der Waals surface area contributed by atoms with Gasteiger partial charge in [-0.3, -0.25) is 19.4 Å². The molecule has 0 spiro atoms. The minimum absolute atomic E-state index is 0.0956. The van der Waals surface area contributed by atoms with Crippen molar-refractivity contribution in [3.05, 3.63) is 6.92 Å². The van der Waals surface area contributed by atoms with Crippen LogP contribution in [0.25, 0.3) is 0 Å². The summed E-state index contributed by atoms with van der Waals surface area (Å²) in [4.78, 5) is 25.9. The van der Waals surface area contributed by atoms with Gasteiger partial charge in [0.25, 0.3) is 0 Å². The highest BCUT2D eigenvalue weighted by atomic mass is 16.2. The van der Waals surface area contributed by atoms with Crippen molar-refractivity contribution in [1.82, 2.24) is 9.80 Å². The number of rotatable bonds is 3. The molecular weight excluding hydrogens is 168 g/mol. The molecule has 1 saturated heterocycles. The van der Waals surface area contributed by atoms with Gasteiger partial charge in [-0.15, -0.1) is 0 Å². The van der Waals surface area contributed by atoms with E-state index in [4.69, 9.17) is 0 Å². The number of nitrogens with zero attached hydrogens (tertiary/aromatic N) is 2. The van der Waals surface area contributed by atoms with E-state index in [1.165, 1.54) is 4.90 Å². The summed E-state index contributed by atoms with van der Waals surface area (Å²) in [6.07, 6.45) is 0.587. The van der Waals surface area contributed by atoms with Gasteiger partial charge in [-0.25, -0.2) is 0 Å². The van der Waals surface area contributed by atoms with Crippen molar-refractivity contribution in [2.45, 2.75) is 13.3 Å². The van der Waals surface area contributed by atoms with Gasteiger partial charge in [0.05, 0.1) is 13.1 Å². The first-order chi connectivity index (χ1) is 6.19. The van der Waals surface area contributed by atoms with Crippen LogP contribution in [0, 0.1) is 6.92 Å². The van der Waals surface area contributed by atoms with Crippen LogP contribution in [0.4, 0.5) is 0 Å². The zero-order valence-electron chi connectivity index (χ0n) is 7.95. The van der Waals surface area contributed by atoms with Gasteiger partial charge in [-0.2, -0.15) is 0 Å². The van der Waals surface area contributed by atoms with Crippen LogP contribution in [0.3, 0.4) is 0 Å². The van der Waals surface area contributed by atoms with Crippen molar-refractivity contribution < 1.29 is 9.59 Å². The fourth-order valence-electron chi connectivity index (χ4n) is 1.38. The fraction of sp³-hybridized carbons (Fsp3) is 0.667. The van der Waals surface area contributed by atoms with E-state index in [-0.39, 0.29) is 11.8 Å². The molecule has 0 aromatic carbocycles. The third-order valence-electron chi connectivity index (χ3n) is 2.15. The Morgan fingerprint density at radius 2 is 1.85 bits per heavy atom. The molecule has 2 amide bonds. The monoisotopic (exact) mass is 183 g/mol. The van der Waals surface area contributed by atoms with Crippen molar-refractivity contribution >= 4 is 11.8 Å². The zero-order chi connectivity index (χ0) is 9.84. The molecule has 0 N–H and O–H groups in total. The Morgan fingerprint density at radius 3 is 2.23 bits per heavy atom. The molecule has 4 heteroatoms. The standard InChI is InChI=1S/C9H15N2O2/c1-3-5-11-8(12)6-10(4-2)7-9(11)13/h1,3-7H2,2H3. The summed E-state index contributed by atoms with van der Waals surface area (Å²) in [5.74, 6) is -0.191. The maximum absolute atomic E-state index is 11.4. The summed E-state index contributed by atoms with van der Waals surface area (Å²) in [5, 5.41) is 0. The Bertz CT molecular complexity index is 198. The zero-order valence-corrected chi connectivity index (χ0v) is 7.95. The van der Waals surface area contributed by atoms with Gasteiger partial charge in [-0.1, -0.05) is 13.8 Å². The van der Waals surface area contributed by atoms with Crippen LogP contribution in [0.15, 0.2) is 0 Å².